The molecule has 0 spiro atoms. The summed E-state index contributed by atoms with van der Waals surface area (Å²) >= 11 is 0. The van der Waals surface area contributed by atoms with Crippen LogP contribution in [0.15, 0.2) is 11.8 Å². The highest BCUT2D eigenvalue weighted by Crippen LogP contribution is 2.33. The smallest absolute Gasteiger partial charge is 0.240 e. The van der Waals surface area contributed by atoms with E-state index in [0.29, 0.717) is 18.6 Å². The highest BCUT2D eigenvalue weighted by molar-refractivity contribution is 5.80. The third-order valence-electron chi connectivity index (χ3n) is 5.52. The number of allylic oxidation sites excluding steroid dienone is 2. The SMILES string of the molecule is CCc1nc2n(n1)CC(NCC(=O)N(C1=CCCCC1)C1CC1)CC2. The zero-order chi connectivity index (χ0) is 17.2. The maximum Gasteiger partial charge on any atom is 0.240 e. The van der Waals surface area contributed by atoms with Gasteiger partial charge in [-0.15, -0.1) is 0 Å². The highest BCUT2D eigenvalue weighted by atomic mass is 16.2. The van der Waals surface area contributed by atoms with Crippen LogP contribution >= 0.6 is 0 Å². The Morgan fingerprint density at radius 3 is 2.92 bits per heavy atom. The van der Waals surface area contributed by atoms with E-state index in [1.54, 1.807) is 0 Å². The van der Waals surface area contributed by atoms with Gasteiger partial charge in [0.1, 0.15) is 5.82 Å². The topological polar surface area (TPSA) is 63.1 Å². The number of amides is 1. The monoisotopic (exact) mass is 343 g/mol. The molecule has 1 fully saturated rings. The van der Waals surface area contributed by atoms with Crippen LogP contribution in [0.5, 0.6) is 0 Å². The molecule has 25 heavy (non-hydrogen) atoms. The van der Waals surface area contributed by atoms with Crippen LogP contribution in [0.25, 0.3) is 0 Å². The molecule has 6 heteroatoms. The fourth-order valence-corrected chi connectivity index (χ4v) is 3.96. The van der Waals surface area contributed by atoms with E-state index in [-0.39, 0.29) is 5.91 Å². The van der Waals surface area contributed by atoms with Crippen molar-refractivity contribution in [2.24, 2.45) is 0 Å². The second kappa shape index (κ2) is 7.28. The number of nitrogens with zero attached hydrogens (tertiary/aromatic N) is 4. The summed E-state index contributed by atoms with van der Waals surface area (Å²) in [6.07, 6.45) is 12.1. The molecule has 1 amide bonds. The molecule has 1 unspecified atom stereocenters. The van der Waals surface area contributed by atoms with Gasteiger partial charge in [-0.1, -0.05) is 13.0 Å². The van der Waals surface area contributed by atoms with Crippen molar-refractivity contribution >= 4 is 5.91 Å². The van der Waals surface area contributed by atoms with E-state index in [4.69, 9.17) is 0 Å². The third-order valence-corrected chi connectivity index (χ3v) is 5.52. The lowest BCUT2D eigenvalue weighted by Crippen LogP contribution is -2.45. The van der Waals surface area contributed by atoms with Crippen molar-refractivity contribution in [3.63, 3.8) is 0 Å². The van der Waals surface area contributed by atoms with Crippen LogP contribution in [-0.2, 0) is 24.2 Å². The molecule has 1 aliphatic heterocycles. The van der Waals surface area contributed by atoms with Crippen LogP contribution < -0.4 is 5.32 Å². The number of hydrogen-bond acceptors (Lipinski definition) is 4. The molecule has 3 aliphatic rings. The molecule has 136 valence electrons. The summed E-state index contributed by atoms with van der Waals surface area (Å²) < 4.78 is 2.02. The van der Waals surface area contributed by atoms with Crippen molar-refractivity contribution in [2.75, 3.05) is 6.54 Å². The summed E-state index contributed by atoms with van der Waals surface area (Å²) in [5, 5.41) is 8.04. The Kier molecular flexibility index (Phi) is 4.88. The fourth-order valence-electron chi connectivity index (χ4n) is 3.96. The van der Waals surface area contributed by atoms with Gasteiger partial charge in [-0.2, -0.15) is 5.10 Å². The number of carbonyl (C=O) groups excluding carboxylic acids is 1. The first kappa shape index (κ1) is 16.8. The van der Waals surface area contributed by atoms with Crippen molar-refractivity contribution in [1.29, 1.82) is 0 Å². The van der Waals surface area contributed by atoms with Crippen molar-refractivity contribution in [3.8, 4) is 0 Å². The number of aromatic nitrogens is 3. The molecule has 0 radical (unpaired) electrons. The third kappa shape index (κ3) is 3.78. The Morgan fingerprint density at radius 2 is 2.20 bits per heavy atom. The lowest BCUT2D eigenvalue weighted by Gasteiger charge is -2.29. The van der Waals surface area contributed by atoms with Crippen molar-refractivity contribution in [3.05, 3.63) is 23.4 Å². The van der Waals surface area contributed by atoms with Gasteiger partial charge in [0, 0.05) is 30.6 Å². The van der Waals surface area contributed by atoms with Gasteiger partial charge in [0.05, 0.1) is 13.1 Å². The van der Waals surface area contributed by atoms with Crippen molar-refractivity contribution < 1.29 is 4.79 Å². The molecular weight excluding hydrogens is 314 g/mol. The molecule has 0 saturated heterocycles. The molecule has 0 bridgehead atoms. The molecule has 1 aromatic rings. The number of fused-ring (bicyclic) bond motifs is 1. The lowest BCUT2D eigenvalue weighted by molar-refractivity contribution is -0.129. The molecule has 2 heterocycles. The number of nitrogens with one attached hydrogen (secondary N) is 1. The quantitative estimate of drug-likeness (QED) is 0.860. The van der Waals surface area contributed by atoms with Gasteiger partial charge in [-0.3, -0.25) is 4.79 Å². The zero-order valence-corrected chi connectivity index (χ0v) is 15.2. The van der Waals surface area contributed by atoms with Gasteiger partial charge >= 0.3 is 0 Å². The van der Waals surface area contributed by atoms with Crippen LogP contribution in [0.1, 0.15) is 63.5 Å². The molecule has 1 saturated carbocycles. The molecule has 6 nitrogen and oxygen atoms in total. The highest BCUT2D eigenvalue weighted by Gasteiger charge is 2.35. The summed E-state index contributed by atoms with van der Waals surface area (Å²) in [5.74, 6) is 2.26. The second-order valence-electron chi connectivity index (χ2n) is 7.53. The summed E-state index contributed by atoms with van der Waals surface area (Å²) in [6.45, 7) is 3.34. The Morgan fingerprint density at radius 1 is 1.32 bits per heavy atom. The van der Waals surface area contributed by atoms with E-state index < -0.39 is 0 Å². The fraction of sp³-hybridized carbons (Fsp3) is 0.737. The van der Waals surface area contributed by atoms with Gasteiger partial charge in [-0.25, -0.2) is 9.67 Å². The predicted molar refractivity (Wildman–Crippen MR) is 95.9 cm³/mol. The van der Waals surface area contributed by atoms with Crippen molar-refractivity contribution in [2.45, 2.75) is 83.3 Å². The van der Waals surface area contributed by atoms with E-state index in [9.17, 15) is 4.79 Å². The molecule has 4 rings (SSSR count). The minimum Gasteiger partial charge on any atom is -0.312 e. The molecule has 2 aliphatic carbocycles. The van der Waals surface area contributed by atoms with E-state index in [2.05, 4.69) is 33.3 Å². The molecule has 1 atom stereocenters. The maximum atomic E-state index is 12.9. The van der Waals surface area contributed by atoms with Crippen LogP contribution in [-0.4, -0.2) is 44.2 Å². The average Bonchev–Trinajstić information content (AvgIpc) is 3.38. The zero-order valence-electron chi connectivity index (χ0n) is 15.2. The molecular formula is C19H29N5O. The predicted octanol–water partition coefficient (Wildman–Crippen LogP) is 2.19. The Labute approximate surface area is 149 Å². The van der Waals surface area contributed by atoms with Gasteiger partial charge in [0.25, 0.3) is 0 Å². The summed E-state index contributed by atoms with van der Waals surface area (Å²) in [6, 6.07) is 0.767. The second-order valence-corrected chi connectivity index (χ2v) is 7.53. The van der Waals surface area contributed by atoms with Crippen LogP contribution in [0.2, 0.25) is 0 Å². The van der Waals surface area contributed by atoms with Gasteiger partial charge in [0.2, 0.25) is 5.91 Å². The number of hydrogen-bond donors (Lipinski definition) is 1. The standard InChI is InChI=1S/C19H29N5O/c1-2-17-21-18-11-8-14(13-23(18)22-17)20-12-19(25)24(16-9-10-16)15-6-4-3-5-7-15/h6,14,16,20H,2-5,7-13H2,1H3. The summed E-state index contributed by atoms with van der Waals surface area (Å²) in [5.41, 5.74) is 1.27. The normalized spacial score (nSPS) is 23.1. The minimum absolute atomic E-state index is 0.245. The number of aryl methyl sites for hydroxylation is 2. The maximum absolute atomic E-state index is 12.9. The minimum atomic E-state index is 0.245. The van der Waals surface area contributed by atoms with Crippen molar-refractivity contribution in [1.82, 2.24) is 25.0 Å². The first-order chi connectivity index (χ1) is 12.2. The summed E-state index contributed by atoms with van der Waals surface area (Å²) in [4.78, 5) is 19.5. The summed E-state index contributed by atoms with van der Waals surface area (Å²) in [7, 11) is 0. The van der Waals surface area contributed by atoms with E-state index in [1.165, 1.54) is 18.5 Å². The van der Waals surface area contributed by atoms with E-state index in [1.807, 2.05) is 4.68 Å². The van der Waals surface area contributed by atoms with Gasteiger partial charge in [-0.05, 0) is 44.9 Å². The van der Waals surface area contributed by atoms with Crippen LogP contribution in [0, 0.1) is 0 Å². The van der Waals surface area contributed by atoms with Crippen LogP contribution in [0.3, 0.4) is 0 Å². The largest absolute Gasteiger partial charge is 0.312 e. The Bertz CT molecular complexity index is 661. The molecule has 1 aromatic heterocycles. The first-order valence-electron chi connectivity index (χ1n) is 9.91. The average molecular weight is 343 g/mol. The molecule has 0 aromatic carbocycles. The van der Waals surface area contributed by atoms with E-state index >= 15 is 0 Å². The lowest BCUT2D eigenvalue weighted by atomic mass is 10.0. The molecule has 1 N–H and O–H groups in total. The Hall–Kier alpha value is -1.69. The Balaban J connectivity index is 1.34. The number of rotatable bonds is 6. The first-order valence-corrected chi connectivity index (χ1v) is 9.91. The van der Waals surface area contributed by atoms with Gasteiger partial charge < -0.3 is 10.2 Å². The number of carbonyl (C=O) groups is 1. The van der Waals surface area contributed by atoms with E-state index in [0.717, 1.165) is 63.1 Å². The van der Waals surface area contributed by atoms with Gasteiger partial charge in [0.15, 0.2) is 5.82 Å². The van der Waals surface area contributed by atoms with Crippen LogP contribution in [0.4, 0.5) is 0 Å².